The molecule has 21 heavy (non-hydrogen) atoms. The molecule has 0 radical (unpaired) electrons. The van der Waals surface area contributed by atoms with Gasteiger partial charge in [0, 0.05) is 24.2 Å². The number of carboxylic acids is 1. The molecular weight excluding hydrogens is 276 g/mol. The fraction of sp³-hybridized carbons (Fsp3) is 0.429. The van der Waals surface area contributed by atoms with Gasteiger partial charge in [-0.2, -0.15) is 0 Å². The van der Waals surface area contributed by atoms with Crippen molar-refractivity contribution >= 4 is 17.6 Å². The lowest BCUT2D eigenvalue weighted by atomic mass is 9.99. The van der Waals surface area contributed by atoms with Gasteiger partial charge in [0.15, 0.2) is 0 Å². The number of nitro groups is 1. The lowest BCUT2D eigenvalue weighted by Crippen LogP contribution is -2.48. The predicted molar refractivity (Wildman–Crippen MR) is 74.1 cm³/mol. The zero-order valence-corrected chi connectivity index (χ0v) is 11.6. The summed E-state index contributed by atoms with van der Waals surface area (Å²) >= 11 is 0. The molecule has 1 aromatic carbocycles. The Hall–Kier alpha value is -2.44. The van der Waals surface area contributed by atoms with E-state index < -0.39 is 22.8 Å². The molecule has 0 saturated carbocycles. The van der Waals surface area contributed by atoms with Crippen molar-refractivity contribution in [2.45, 2.75) is 32.2 Å². The maximum atomic E-state index is 12.6. The number of non-ortho nitro benzene ring substituents is 1. The lowest BCUT2D eigenvalue weighted by Gasteiger charge is -2.33. The number of likely N-dealkylation sites (tertiary alicyclic amines) is 1. The second-order valence-electron chi connectivity index (χ2n) is 5.10. The van der Waals surface area contributed by atoms with Crippen molar-refractivity contribution in [3.63, 3.8) is 0 Å². The molecular formula is C14H16N2O5. The number of nitrogens with zero attached hydrogens (tertiary/aromatic N) is 2. The third kappa shape index (κ3) is 3.01. The molecule has 112 valence electrons. The fourth-order valence-corrected chi connectivity index (χ4v) is 2.54. The van der Waals surface area contributed by atoms with Gasteiger partial charge in [0.1, 0.15) is 6.04 Å². The maximum Gasteiger partial charge on any atom is 0.326 e. The van der Waals surface area contributed by atoms with E-state index in [1.807, 2.05) is 0 Å². The summed E-state index contributed by atoms with van der Waals surface area (Å²) in [5.41, 5.74) is 0.616. The summed E-state index contributed by atoms with van der Waals surface area (Å²) in [6.45, 7) is 2.04. The van der Waals surface area contributed by atoms with E-state index in [4.69, 9.17) is 0 Å². The molecule has 0 spiro atoms. The van der Waals surface area contributed by atoms with Crippen LogP contribution in [-0.4, -0.2) is 39.4 Å². The molecule has 7 nitrogen and oxygen atoms in total. The second-order valence-corrected chi connectivity index (χ2v) is 5.10. The summed E-state index contributed by atoms with van der Waals surface area (Å²) < 4.78 is 0. The fourth-order valence-electron chi connectivity index (χ4n) is 2.54. The smallest absolute Gasteiger partial charge is 0.326 e. The first kappa shape index (κ1) is 15.0. The highest BCUT2D eigenvalue weighted by atomic mass is 16.6. The molecule has 0 aliphatic carbocycles. The molecule has 2 rings (SSSR count). The standard InChI is InChI=1S/C14H16N2O5/c1-9-5-6-10(16(20)21)8-11(9)13(17)15-7-3-2-4-12(15)14(18)19/h5-6,8,12H,2-4,7H2,1H3,(H,18,19)/t12-/m0/s1. The quantitative estimate of drug-likeness (QED) is 0.678. The van der Waals surface area contributed by atoms with Crippen LogP contribution in [0.4, 0.5) is 5.69 Å². The van der Waals surface area contributed by atoms with Crippen molar-refractivity contribution in [2.75, 3.05) is 6.54 Å². The van der Waals surface area contributed by atoms with E-state index in [2.05, 4.69) is 0 Å². The summed E-state index contributed by atoms with van der Waals surface area (Å²) in [6.07, 6.45) is 1.91. The first-order valence-electron chi connectivity index (χ1n) is 6.70. The molecule has 1 heterocycles. The number of hydrogen-bond donors (Lipinski definition) is 1. The highest BCUT2D eigenvalue weighted by Crippen LogP contribution is 2.24. The number of piperidine rings is 1. The van der Waals surface area contributed by atoms with Gasteiger partial charge >= 0.3 is 5.97 Å². The molecule has 1 N–H and O–H groups in total. The van der Waals surface area contributed by atoms with E-state index in [0.29, 0.717) is 18.5 Å². The number of carbonyl (C=O) groups excluding carboxylic acids is 1. The van der Waals surface area contributed by atoms with Gasteiger partial charge in [0.05, 0.1) is 4.92 Å². The Balaban J connectivity index is 2.36. The number of rotatable bonds is 3. The molecule has 1 aromatic rings. The maximum absolute atomic E-state index is 12.6. The van der Waals surface area contributed by atoms with Crippen molar-refractivity contribution < 1.29 is 19.6 Å². The van der Waals surface area contributed by atoms with Gasteiger partial charge in [-0.15, -0.1) is 0 Å². The predicted octanol–water partition coefficient (Wildman–Crippen LogP) is 1.98. The van der Waals surface area contributed by atoms with E-state index in [9.17, 15) is 24.8 Å². The second kappa shape index (κ2) is 5.90. The van der Waals surface area contributed by atoms with Gasteiger partial charge in [-0.05, 0) is 31.7 Å². The number of amides is 1. The molecule has 1 fully saturated rings. The minimum atomic E-state index is -1.04. The summed E-state index contributed by atoms with van der Waals surface area (Å²) in [5, 5.41) is 20.0. The van der Waals surface area contributed by atoms with Gasteiger partial charge in [-0.3, -0.25) is 14.9 Å². The number of carboxylic acid groups (broad SMARTS) is 1. The van der Waals surface area contributed by atoms with Gasteiger partial charge in [0.25, 0.3) is 11.6 Å². The minimum Gasteiger partial charge on any atom is -0.480 e. The Bertz CT molecular complexity index is 599. The average Bonchev–Trinajstić information content (AvgIpc) is 2.46. The third-order valence-electron chi connectivity index (χ3n) is 3.71. The lowest BCUT2D eigenvalue weighted by molar-refractivity contribution is -0.384. The van der Waals surface area contributed by atoms with E-state index in [1.54, 1.807) is 6.92 Å². The molecule has 7 heteroatoms. The van der Waals surface area contributed by atoms with Crippen LogP contribution in [0.25, 0.3) is 0 Å². The molecule has 1 aliphatic rings. The molecule has 1 atom stereocenters. The van der Waals surface area contributed by atoms with Gasteiger partial charge in [-0.25, -0.2) is 4.79 Å². The van der Waals surface area contributed by atoms with E-state index in [-0.39, 0.29) is 11.3 Å². The number of carbonyl (C=O) groups is 2. The molecule has 0 bridgehead atoms. The van der Waals surface area contributed by atoms with Crippen LogP contribution in [0.2, 0.25) is 0 Å². The number of benzene rings is 1. The summed E-state index contributed by atoms with van der Waals surface area (Å²) in [4.78, 5) is 35.4. The molecule has 1 amide bonds. The summed E-state index contributed by atoms with van der Waals surface area (Å²) in [6, 6.07) is 3.19. The van der Waals surface area contributed by atoms with Crippen LogP contribution in [0, 0.1) is 17.0 Å². The van der Waals surface area contributed by atoms with Crippen LogP contribution in [0.3, 0.4) is 0 Å². The Kier molecular flexibility index (Phi) is 4.21. The van der Waals surface area contributed by atoms with Crippen molar-refractivity contribution in [3.05, 3.63) is 39.4 Å². The van der Waals surface area contributed by atoms with Crippen LogP contribution in [0.5, 0.6) is 0 Å². The number of aryl methyl sites for hydroxylation is 1. The van der Waals surface area contributed by atoms with Gasteiger partial charge in [0.2, 0.25) is 0 Å². The first-order chi connectivity index (χ1) is 9.91. The average molecular weight is 292 g/mol. The van der Waals surface area contributed by atoms with Crippen LogP contribution >= 0.6 is 0 Å². The van der Waals surface area contributed by atoms with Crippen LogP contribution in [-0.2, 0) is 4.79 Å². The van der Waals surface area contributed by atoms with E-state index in [0.717, 1.165) is 12.8 Å². The van der Waals surface area contributed by atoms with Crippen LogP contribution in [0.15, 0.2) is 18.2 Å². The number of nitro benzene ring substituents is 1. The number of hydrogen-bond acceptors (Lipinski definition) is 4. The van der Waals surface area contributed by atoms with Crippen molar-refractivity contribution in [3.8, 4) is 0 Å². The number of aliphatic carboxylic acids is 1. The van der Waals surface area contributed by atoms with Gasteiger partial charge < -0.3 is 10.0 Å². The van der Waals surface area contributed by atoms with Crippen LogP contribution < -0.4 is 0 Å². The zero-order valence-electron chi connectivity index (χ0n) is 11.6. The Labute approximate surface area is 121 Å². The summed E-state index contributed by atoms with van der Waals surface area (Å²) in [5.74, 6) is -1.49. The van der Waals surface area contributed by atoms with Crippen molar-refractivity contribution in [1.82, 2.24) is 4.90 Å². The van der Waals surface area contributed by atoms with E-state index in [1.165, 1.54) is 23.1 Å². The monoisotopic (exact) mass is 292 g/mol. The largest absolute Gasteiger partial charge is 0.480 e. The highest BCUT2D eigenvalue weighted by molar-refractivity contribution is 5.98. The van der Waals surface area contributed by atoms with E-state index >= 15 is 0 Å². The Morgan fingerprint density at radius 2 is 2.10 bits per heavy atom. The third-order valence-corrected chi connectivity index (χ3v) is 3.71. The van der Waals surface area contributed by atoms with Crippen molar-refractivity contribution in [2.24, 2.45) is 0 Å². The topological polar surface area (TPSA) is 101 Å². The zero-order chi connectivity index (χ0) is 15.6. The minimum absolute atomic E-state index is 0.173. The Morgan fingerprint density at radius 1 is 1.38 bits per heavy atom. The Morgan fingerprint density at radius 3 is 2.71 bits per heavy atom. The molecule has 0 unspecified atom stereocenters. The first-order valence-corrected chi connectivity index (χ1v) is 6.70. The molecule has 1 aliphatic heterocycles. The van der Waals surface area contributed by atoms with Crippen LogP contribution in [0.1, 0.15) is 35.2 Å². The van der Waals surface area contributed by atoms with Crippen molar-refractivity contribution in [1.29, 1.82) is 0 Å². The summed E-state index contributed by atoms with van der Waals surface area (Å²) in [7, 11) is 0. The van der Waals surface area contributed by atoms with Gasteiger partial charge in [-0.1, -0.05) is 6.07 Å². The highest BCUT2D eigenvalue weighted by Gasteiger charge is 2.33. The molecule has 1 saturated heterocycles. The normalized spacial score (nSPS) is 18.3. The SMILES string of the molecule is Cc1ccc([N+](=O)[O-])cc1C(=O)N1CCCC[C@H]1C(=O)O. The molecule has 0 aromatic heterocycles.